The fourth-order valence-corrected chi connectivity index (χ4v) is 4.57. The van der Waals surface area contributed by atoms with Gasteiger partial charge in [0.1, 0.15) is 11.6 Å². The first-order valence-electron chi connectivity index (χ1n) is 10.6. The molecule has 0 bridgehead atoms. The van der Waals surface area contributed by atoms with Crippen molar-refractivity contribution in [2.45, 2.75) is 25.8 Å². The molecule has 1 aliphatic rings. The molecule has 32 heavy (non-hydrogen) atoms. The molecule has 4 nitrogen and oxygen atoms in total. The number of methoxy groups -OCH3 is 1. The van der Waals surface area contributed by atoms with E-state index in [1.807, 2.05) is 25.1 Å². The molecule has 1 heterocycles. The Morgan fingerprint density at radius 1 is 1.12 bits per heavy atom. The van der Waals surface area contributed by atoms with Crippen molar-refractivity contribution in [3.05, 3.63) is 100 Å². The third-order valence-corrected chi connectivity index (χ3v) is 6.33. The number of fused-ring (bicyclic) bond motifs is 1. The zero-order valence-electron chi connectivity index (χ0n) is 18.4. The monoisotopic (exact) mass is 431 g/mol. The van der Waals surface area contributed by atoms with Gasteiger partial charge in [-0.25, -0.2) is 9.18 Å². The lowest BCUT2D eigenvalue weighted by Crippen LogP contribution is -2.49. The van der Waals surface area contributed by atoms with Crippen molar-refractivity contribution >= 4 is 17.7 Å². The molecule has 0 fully saturated rings. The lowest BCUT2D eigenvalue weighted by molar-refractivity contribution is -0.134. The maximum Gasteiger partial charge on any atom is 0.330 e. The molecule has 3 aromatic carbocycles. The van der Waals surface area contributed by atoms with E-state index in [9.17, 15) is 14.3 Å². The molecule has 0 aromatic heterocycles. The molecule has 4 rings (SSSR count). The molecule has 3 aromatic rings. The Bertz CT molecular complexity index is 1190. The second-order valence-electron chi connectivity index (χ2n) is 8.22. The van der Waals surface area contributed by atoms with Gasteiger partial charge in [-0.05, 0) is 90.6 Å². The third-order valence-electron chi connectivity index (χ3n) is 6.33. The van der Waals surface area contributed by atoms with Crippen LogP contribution in [0.15, 0.2) is 66.7 Å². The molecule has 1 N–H and O–H groups in total. The average molecular weight is 432 g/mol. The van der Waals surface area contributed by atoms with Crippen molar-refractivity contribution in [3.8, 4) is 5.75 Å². The van der Waals surface area contributed by atoms with Crippen LogP contribution in [-0.4, -0.2) is 24.7 Å². The van der Waals surface area contributed by atoms with Crippen LogP contribution in [0.1, 0.15) is 34.7 Å². The topological polar surface area (TPSA) is 49.8 Å². The molecule has 0 saturated heterocycles. The van der Waals surface area contributed by atoms with Crippen molar-refractivity contribution in [1.82, 2.24) is 0 Å². The lowest BCUT2D eigenvalue weighted by Gasteiger charge is -2.48. The number of benzene rings is 3. The highest BCUT2D eigenvalue weighted by Gasteiger charge is 2.40. The molecule has 1 aliphatic heterocycles. The summed E-state index contributed by atoms with van der Waals surface area (Å²) in [6.07, 6.45) is 3.93. The van der Waals surface area contributed by atoms with Crippen LogP contribution in [0.2, 0.25) is 0 Å². The lowest BCUT2D eigenvalue weighted by atomic mass is 9.76. The van der Waals surface area contributed by atoms with Crippen LogP contribution in [0.3, 0.4) is 0 Å². The summed E-state index contributed by atoms with van der Waals surface area (Å²) in [5.74, 6) is -0.417. The van der Waals surface area contributed by atoms with Gasteiger partial charge in [0, 0.05) is 18.3 Å². The Morgan fingerprint density at radius 3 is 2.56 bits per heavy atom. The Hall–Kier alpha value is -3.60. The Balaban J connectivity index is 1.85. The van der Waals surface area contributed by atoms with Crippen molar-refractivity contribution in [1.29, 1.82) is 0 Å². The molecule has 1 atom stereocenters. The number of rotatable bonds is 4. The average Bonchev–Trinajstić information content (AvgIpc) is 2.78. The van der Waals surface area contributed by atoms with Crippen LogP contribution in [-0.2, 0) is 21.5 Å². The zero-order chi connectivity index (χ0) is 22.9. The fraction of sp³-hybridized carbons (Fsp3) is 0.222. The molecule has 5 heteroatoms. The Morgan fingerprint density at radius 2 is 1.88 bits per heavy atom. The van der Waals surface area contributed by atoms with Gasteiger partial charge in [0.2, 0.25) is 0 Å². The summed E-state index contributed by atoms with van der Waals surface area (Å²) in [4.78, 5) is 13.8. The highest BCUT2D eigenvalue weighted by Crippen LogP contribution is 2.44. The van der Waals surface area contributed by atoms with Crippen molar-refractivity contribution in [3.63, 3.8) is 0 Å². The predicted octanol–water partition coefficient (Wildman–Crippen LogP) is 5.35. The standard InChI is InChI=1S/C27H26FNO3/c1-18-16-21(6-4-19(18)5-13-26(31)32-3)27(2)25-12-11-24(30)17-20(25)14-15-29(27)23-9-7-22(28)8-10-23/h4-13,16-17,30H,14-15H2,1-3H3/b13-5+. The van der Waals surface area contributed by atoms with E-state index in [1.54, 1.807) is 24.3 Å². The second-order valence-corrected chi connectivity index (χ2v) is 8.22. The maximum atomic E-state index is 13.6. The van der Waals surface area contributed by atoms with E-state index in [0.29, 0.717) is 0 Å². The second kappa shape index (κ2) is 8.50. The van der Waals surface area contributed by atoms with Crippen molar-refractivity contribution < 1.29 is 19.0 Å². The number of hydrogen-bond donors (Lipinski definition) is 1. The minimum absolute atomic E-state index is 0.251. The number of aromatic hydroxyl groups is 1. The van der Waals surface area contributed by atoms with E-state index < -0.39 is 11.5 Å². The molecule has 0 amide bonds. The minimum atomic E-state index is -0.533. The molecular weight excluding hydrogens is 405 g/mol. The van der Waals surface area contributed by atoms with Crippen LogP contribution in [0.4, 0.5) is 10.1 Å². The molecule has 1 unspecified atom stereocenters. The molecular formula is C27H26FNO3. The number of hydrogen-bond acceptors (Lipinski definition) is 4. The van der Waals surface area contributed by atoms with Gasteiger partial charge in [0.05, 0.1) is 12.6 Å². The van der Waals surface area contributed by atoms with E-state index in [4.69, 9.17) is 0 Å². The summed E-state index contributed by atoms with van der Waals surface area (Å²) in [6.45, 7) is 4.89. The van der Waals surface area contributed by atoms with Gasteiger partial charge < -0.3 is 14.7 Å². The summed E-state index contributed by atoms with van der Waals surface area (Å²) in [6, 6.07) is 18.3. The SMILES string of the molecule is COC(=O)/C=C/c1ccc(C2(C)c3ccc(O)cc3CCN2c2ccc(F)cc2)cc1C. The van der Waals surface area contributed by atoms with Gasteiger partial charge in [0.15, 0.2) is 0 Å². The zero-order valence-corrected chi connectivity index (χ0v) is 18.4. The summed E-state index contributed by atoms with van der Waals surface area (Å²) in [7, 11) is 1.35. The summed E-state index contributed by atoms with van der Waals surface area (Å²) >= 11 is 0. The largest absolute Gasteiger partial charge is 0.508 e. The van der Waals surface area contributed by atoms with Gasteiger partial charge in [-0.15, -0.1) is 0 Å². The number of phenols is 1. The van der Waals surface area contributed by atoms with Gasteiger partial charge in [-0.1, -0.05) is 24.3 Å². The fourth-order valence-electron chi connectivity index (χ4n) is 4.57. The minimum Gasteiger partial charge on any atom is -0.508 e. The molecule has 0 saturated carbocycles. The smallest absolute Gasteiger partial charge is 0.330 e. The van der Waals surface area contributed by atoms with Gasteiger partial charge in [-0.2, -0.15) is 0 Å². The number of halogens is 1. The molecule has 0 aliphatic carbocycles. The van der Waals surface area contributed by atoms with Crippen LogP contribution >= 0.6 is 0 Å². The van der Waals surface area contributed by atoms with Crippen LogP contribution in [0, 0.1) is 12.7 Å². The van der Waals surface area contributed by atoms with Crippen LogP contribution < -0.4 is 4.90 Å². The highest BCUT2D eigenvalue weighted by atomic mass is 19.1. The first-order chi connectivity index (χ1) is 15.3. The summed E-state index contributed by atoms with van der Waals surface area (Å²) in [5, 5.41) is 10.0. The molecule has 164 valence electrons. The van der Waals surface area contributed by atoms with E-state index in [0.717, 1.165) is 46.5 Å². The number of nitrogens with zero attached hydrogens (tertiary/aromatic N) is 1. The molecule has 0 radical (unpaired) electrons. The predicted molar refractivity (Wildman–Crippen MR) is 124 cm³/mol. The normalized spacial score (nSPS) is 17.9. The Labute approximate surface area is 187 Å². The van der Waals surface area contributed by atoms with Crippen molar-refractivity contribution in [2.75, 3.05) is 18.6 Å². The van der Waals surface area contributed by atoms with Gasteiger partial charge >= 0.3 is 5.97 Å². The third kappa shape index (κ3) is 3.86. The number of phenolic OH excluding ortho intramolecular Hbond substituents is 1. The first kappa shape index (κ1) is 21.6. The molecule has 0 spiro atoms. The van der Waals surface area contributed by atoms with E-state index >= 15 is 0 Å². The summed E-state index contributed by atoms with van der Waals surface area (Å²) in [5.41, 5.74) is 5.61. The van der Waals surface area contributed by atoms with E-state index in [1.165, 1.54) is 25.3 Å². The highest BCUT2D eigenvalue weighted by molar-refractivity contribution is 5.87. The first-order valence-corrected chi connectivity index (χ1v) is 10.6. The number of aryl methyl sites for hydroxylation is 1. The maximum absolute atomic E-state index is 13.6. The van der Waals surface area contributed by atoms with Gasteiger partial charge in [0.25, 0.3) is 0 Å². The van der Waals surface area contributed by atoms with Crippen LogP contribution in [0.25, 0.3) is 6.08 Å². The quantitative estimate of drug-likeness (QED) is 0.447. The Kier molecular flexibility index (Phi) is 5.74. The van der Waals surface area contributed by atoms with Crippen molar-refractivity contribution in [2.24, 2.45) is 0 Å². The number of esters is 1. The number of anilines is 1. The van der Waals surface area contributed by atoms with E-state index in [-0.39, 0.29) is 11.6 Å². The summed E-state index contributed by atoms with van der Waals surface area (Å²) < 4.78 is 18.3. The number of carbonyl (C=O) groups excluding carboxylic acids is 1. The van der Waals surface area contributed by atoms with Crippen LogP contribution in [0.5, 0.6) is 5.75 Å². The number of ether oxygens (including phenoxy) is 1. The number of carbonyl (C=O) groups is 1. The van der Waals surface area contributed by atoms with Gasteiger partial charge in [-0.3, -0.25) is 0 Å². The van der Waals surface area contributed by atoms with E-state index in [2.05, 4.69) is 28.7 Å².